The van der Waals surface area contributed by atoms with E-state index in [0.29, 0.717) is 44.0 Å². The van der Waals surface area contributed by atoms with Gasteiger partial charge in [0.1, 0.15) is 11.4 Å². The highest BCUT2D eigenvalue weighted by atomic mass is 35.5. The summed E-state index contributed by atoms with van der Waals surface area (Å²) in [7, 11) is 0. The van der Waals surface area contributed by atoms with E-state index < -0.39 is 0 Å². The second-order valence-corrected chi connectivity index (χ2v) is 5.44. The third-order valence-corrected chi connectivity index (χ3v) is 3.94. The van der Waals surface area contributed by atoms with Crippen LogP contribution in [-0.2, 0) is 0 Å². The molecule has 0 aliphatic rings. The number of nitrogens with zero attached hydrogens (tertiary/aromatic N) is 2. The van der Waals surface area contributed by atoms with Crippen LogP contribution in [0.15, 0.2) is 57.8 Å². The Kier molecular flexibility index (Phi) is 3.13. The lowest BCUT2D eigenvalue weighted by Crippen LogP contribution is -1.94. The van der Waals surface area contributed by atoms with Gasteiger partial charge in [0.2, 0.25) is 0 Å². The van der Waals surface area contributed by atoms with Crippen molar-refractivity contribution in [3.05, 3.63) is 59.0 Å². The first kappa shape index (κ1) is 13.4. The van der Waals surface area contributed by atoms with Crippen molar-refractivity contribution >= 4 is 34.2 Å². The largest absolute Gasteiger partial charge is 0.463 e. The molecule has 4 rings (SSSR count). The molecule has 108 valence electrons. The zero-order valence-electron chi connectivity index (χ0n) is 11.1. The third-order valence-electron chi connectivity index (χ3n) is 3.22. The molecule has 1 aromatic carbocycles. The highest BCUT2D eigenvalue weighted by Gasteiger charge is 2.17. The van der Waals surface area contributed by atoms with E-state index in [1.807, 2.05) is 12.1 Å². The monoisotopic (exact) mass is 330 g/mol. The summed E-state index contributed by atoms with van der Waals surface area (Å²) in [4.78, 5) is 9.23. The second kappa shape index (κ2) is 5.16. The second-order valence-electron chi connectivity index (χ2n) is 4.63. The van der Waals surface area contributed by atoms with Crippen LogP contribution in [0.3, 0.4) is 0 Å². The highest BCUT2D eigenvalue weighted by Crippen LogP contribution is 2.33. The van der Waals surface area contributed by atoms with Gasteiger partial charge in [-0.3, -0.25) is 0 Å². The molecule has 0 atom stereocenters. The molecule has 4 aromatic rings. The Labute approximate surface area is 135 Å². The molecule has 3 aromatic heterocycles. The van der Waals surface area contributed by atoms with E-state index in [9.17, 15) is 0 Å². The van der Waals surface area contributed by atoms with Crippen molar-refractivity contribution in [3.63, 3.8) is 0 Å². The van der Waals surface area contributed by atoms with E-state index >= 15 is 0 Å². The first-order valence-electron chi connectivity index (χ1n) is 6.47. The zero-order chi connectivity index (χ0) is 15.1. The lowest BCUT2D eigenvalue weighted by Gasteiger charge is -2.07. The molecule has 0 saturated carbocycles. The molecule has 0 radical (unpaired) electrons. The van der Waals surface area contributed by atoms with Crippen LogP contribution in [0.1, 0.15) is 0 Å². The predicted octanol–water partition coefficient (Wildman–Crippen LogP) is 5.46. The first-order valence-corrected chi connectivity index (χ1v) is 7.22. The molecule has 0 unspecified atom stereocenters. The minimum atomic E-state index is 0.430. The Morgan fingerprint density at radius 1 is 0.727 bits per heavy atom. The minimum Gasteiger partial charge on any atom is -0.463 e. The predicted molar refractivity (Wildman–Crippen MR) is 85.0 cm³/mol. The van der Waals surface area contributed by atoms with Crippen molar-refractivity contribution < 1.29 is 8.83 Å². The number of hydrogen-bond acceptors (Lipinski definition) is 4. The molecular formula is C16H8Cl2N2O2. The number of aromatic nitrogens is 2. The molecule has 0 fully saturated rings. The molecule has 0 amide bonds. The number of furan rings is 2. The van der Waals surface area contributed by atoms with Crippen molar-refractivity contribution in [2.45, 2.75) is 0 Å². The molecule has 0 bridgehead atoms. The highest BCUT2D eigenvalue weighted by molar-refractivity contribution is 6.42. The van der Waals surface area contributed by atoms with Gasteiger partial charge in [-0.2, -0.15) is 0 Å². The Balaban J connectivity index is 2.06. The average molecular weight is 331 g/mol. The maximum absolute atomic E-state index is 6.06. The van der Waals surface area contributed by atoms with Crippen LogP contribution in [0.25, 0.3) is 33.9 Å². The summed E-state index contributed by atoms with van der Waals surface area (Å²) >= 11 is 12.1. The van der Waals surface area contributed by atoms with Crippen molar-refractivity contribution in [1.82, 2.24) is 9.97 Å². The van der Waals surface area contributed by atoms with Crippen LogP contribution < -0.4 is 0 Å². The Hall–Kier alpha value is -2.30. The quantitative estimate of drug-likeness (QED) is 0.490. The topological polar surface area (TPSA) is 52.1 Å². The van der Waals surface area contributed by atoms with Gasteiger partial charge in [-0.25, -0.2) is 9.97 Å². The smallest absolute Gasteiger partial charge is 0.154 e. The summed E-state index contributed by atoms with van der Waals surface area (Å²) in [5, 5.41) is 0.860. The van der Waals surface area contributed by atoms with E-state index in [-0.39, 0.29) is 0 Å². The number of benzene rings is 1. The molecule has 22 heavy (non-hydrogen) atoms. The fourth-order valence-electron chi connectivity index (χ4n) is 2.22. The van der Waals surface area contributed by atoms with Crippen molar-refractivity contribution in [1.29, 1.82) is 0 Å². The van der Waals surface area contributed by atoms with Crippen LogP contribution in [0.2, 0.25) is 10.0 Å². The summed E-state index contributed by atoms with van der Waals surface area (Å²) in [6, 6.07) is 10.6. The summed E-state index contributed by atoms with van der Waals surface area (Å²) in [5.74, 6) is 1.21. The van der Waals surface area contributed by atoms with Crippen LogP contribution in [0, 0.1) is 0 Å². The van der Waals surface area contributed by atoms with E-state index in [2.05, 4.69) is 9.97 Å². The van der Waals surface area contributed by atoms with Gasteiger partial charge in [0.05, 0.1) is 33.6 Å². The Bertz CT molecular complexity index is 869. The summed E-state index contributed by atoms with van der Waals surface area (Å²) < 4.78 is 10.9. The van der Waals surface area contributed by atoms with Gasteiger partial charge in [0.25, 0.3) is 0 Å². The fourth-order valence-corrected chi connectivity index (χ4v) is 2.54. The third kappa shape index (κ3) is 2.17. The number of rotatable bonds is 2. The maximum Gasteiger partial charge on any atom is 0.154 e. The number of halogens is 2. The molecule has 0 aliphatic heterocycles. The van der Waals surface area contributed by atoms with Gasteiger partial charge >= 0.3 is 0 Å². The van der Waals surface area contributed by atoms with Gasteiger partial charge in [-0.05, 0) is 36.4 Å². The van der Waals surface area contributed by atoms with E-state index in [0.717, 1.165) is 0 Å². The molecule has 0 aliphatic carbocycles. The normalized spacial score (nSPS) is 11.2. The molecule has 6 heteroatoms. The number of hydrogen-bond donors (Lipinski definition) is 0. The molecule has 0 saturated heterocycles. The van der Waals surface area contributed by atoms with E-state index in [4.69, 9.17) is 32.0 Å². The molecule has 4 nitrogen and oxygen atoms in total. The molecule has 0 spiro atoms. The molecule has 0 N–H and O–H groups in total. The van der Waals surface area contributed by atoms with Crippen molar-refractivity contribution in [3.8, 4) is 22.9 Å². The average Bonchev–Trinajstić information content (AvgIpc) is 3.21. The van der Waals surface area contributed by atoms with Crippen molar-refractivity contribution in [2.75, 3.05) is 0 Å². The van der Waals surface area contributed by atoms with Gasteiger partial charge in [0.15, 0.2) is 11.5 Å². The van der Waals surface area contributed by atoms with Crippen LogP contribution in [0.5, 0.6) is 0 Å². The fraction of sp³-hybridized carbons (Fsp3) is 0. The minimum absolute atomic E-state index is 0.430. The SMILES string of the molecule is Clc1cc2nc(-c3ccco3)c(-c3ccco3)nc2cc1Cl. The lowest BCUT2D eigenvalue weighted by atomic mass is 10.2. The van der Waals surface area contributed by atoms with Gasteiger partial charge in [-0.15, -0.1) is 0 Å². The van der Waals surface area contributed by atoms with Crippen LogP contribution in [0.4, 0.5) is 0 Å². The summed E-state index contributed by atoms with van der Waals surface area (Å²) in [5.41, 5.74) is 2.45. The van der Waals surface area contributed by atoms with E-state index in [1.54, 1.807) is 36.8 Å². The van der Waals surface area contributed by atoms with Crippen molar-refractivity contribution in [2.24, 2.45) is 0 Å². The molecular weight excluding hydrogens is 323 g/mol. The Morgan fingerprint density at radius 2 is 1.18 bits per heavy atom. The maximum atomic E-state index is 6.06. The summed E-state index contributed by atoms with van der Waals surface area (Å²) in [6.07, 6.45) is 3.17. The van der Waals surface area contributed by atoms with Gasteiger partial charge in [0, 0.05) is 0 Å². The summed E-state index contributed by atoms with van der Waals surface area (Å²) in [6.45, 7) is 0. The number of fused-ring (bicyclic) bond motifs is 1. The van der Waals surface area contributed by atoms with E-state index in [1.165, 1.54) is 0 Å². The lowest BCUT2D eigenvalue weighted by molar-refractivity contribution is 0.572. The molecule has 3 heterocycles. The van der Waals surface area contributed by atoms with Crippen LogP contribution in [-0.4, -0.2) is 9.97 Å². The van der Waals surface area contributed by atoms with Gasteiger partial charge < -0.3 is 8.83 Å². The Morgan fingerprint density at radius 3 is 1.55 bits per heavy atom. The van der Waals surface area contributed by atoms with Crippen LogP contribution >= 0.6 is 23.2 Å². The first-order chi connectivity index (χ1) is 10.7. The standard InChI is InChI=1S/C16H8Cl2N2O2/c17-9-7-11-12(8-10(9)18)20-16(14-4-2-6-22-14)15(19-11)13-3-1-5-21-13/h1-8H. The van der Waals surface area contributed by atoms with Gasteiger partial charge in [-0.1, -0.05) is 23.2 Å². The zero-order valence-corrected chi connectivity index (χ0v) is 12.6.